The second-order valence-corrected chi connectivity index (χ2v) is 11.4. The molecule has 1 fully saturated rings. The van der Waals surface area contributed by atoms with Gasteiger partial charge in [0.2, 0.25) is 10.8 Å². The molecule has 1 amide bonds. The molecule has 0 spiro atoms. The molecule has 9 heteroatoms. The molecule has 214 valence electrons. The fourth-order valence-electron chi connectivity index (χ4n) is 5.32. The van der Waals surface area contributed by atoms with Crippen LogP contribution in [0, 0.1) is 26.6 Å². The van der Waals surface area contributed by atoms with Gasteiger partial charge in [0.1, 0.15) is 12.4 Å². The highest BCUT2D eigenvalue weighted by atomic mass is 32.2. The molecule has 0 saturated carbocycles. The zero-order valence-electron chi connectivity index (χ0n) is 23.4. The fraction of sp³-hybridized carbons (Fsp3) is 0.312. The van der Waals surface area contributed by atoms with Gasteiger partial charge in [-0.25, -0.2) is 4.39 Å². The van der Waals surface area contributed by atoms with E-state index >= 15 is 4.39 Å². The van der Waals surface area contributed by atoms with Gasteiger partial charge >= 0.3 is 0 Å². The van der Waals surface area contributed by atoms with Crippen LogP contribution in [0.5, 0.6) is 17.4 Å². The number of amides is 1. The van der Waals surface area contributed by atoms with Crippen molar-refractivity contribution in [1.29, 1.82) is 0 Å². The SMILES string of the molecule is Cc1cc(OCCCN2CCCC2=O)c(F)c(C)c1-c1cccc(COc2ccc(-c3cc(O)n[s+]3[O-])cc2)c1C. The highest BCUT2D eigenvalue weighted by Crippen LogP contribution is 2.37. The number of halogens is 1. The molecule has 7 nitrogen and oxygen atoms in total. The maximum absolute atomic E-state index is 15.5. The number of carbonyl (C=O) groups excluding carboxylic acids is 1. The van der Waals surface area contributed by atoms with Crippen LogP contribution in [0.25, 0.3) is 21.6 Å². The first kappa shape index (κ1) is 28.6. The number of carbonyl (C=O) groups is 1. The number of aryl methyl sites for hydroxylation is 1. The van der Waals surface area contributed by atoms with Crippen LogP contribution in [0.4, 0.5) is 4.39 Å². The average molecular weight is 577 g/mol. The van der Waals surface area contributed by atoms with Gasteiger partial charge in [-0.2, -0.15) is 0 Å². The van der Waals surface area contributed by atoms with Crippen molar-refractivity contribution in [2.45, 2.75) is 46.6 Å². The summed E-state index contributed by atoms with van der Waals surface area (Å²) in [6.07, 6.45) is 2.17. The van der Waals surface area contributed by atoms with Gasteiger partial charge in [0.25, 0.3) is 5.88 Å². The molecule has 0 radical (unpaired) electrons. The van der Waals surface area contributed by atoms with Crippen LogP contribution in [0.3, 0.4) is 0 Å². The Balaban J connectivity index is 1.27. The van der Waals surface area contributed by atoms with Crippen molar-refractivity contribution in [2.24, 2.45) is 0 Å². The molecular weight excluding hydrogens is 543 g/mol. The number of hydrogen-bond acceptors (Lipinski definition) is 6. The summed E-state index contributed by atoms with van der Waals surface area (Å²) in [4.78, 5) is 14.1. The minimum atomic E-state index is -1.61. The quantitative estimate of drug-likeness (QED) is 0.163. The van der Waals surface area contributed by atoms with Gasteiger partial charge in [0.15, 0.2) is 11.6 Å². The molecule has 3 aromatic carbocycles. The van der Waals surface area contributed by atoms with Gasteiger partial charge in [-0.05, 0) is 97.3 Å². The molecule has 1 atom stereocenters. The smallest absolute Gasteiger partial charge is 0.270 e. The van der Waals surface area contributed by atoms with Crippen LogP contribution in [-0.2, 0) is 11.4 Å². The predicted octanol–water partition coefficient (Wildman–Crippen LogP) is 6.88. The molecule has 41 heavy (non-hydrogen) atoms. The maximum Gasteiger partial charge on any atom is 0.270 e. The first-order valence-electron chi connectivity index (χ1n) is 13.7. The van der Waals surface area contributed by atoms with E-state index in [9.17, 15) is 14.5 Å². The van der Waals surface area contributed by atoms with Gasteiger partial charge < -0.3 is 24.0 Å². The molecule has 1 N–H and O–H groups in total. The van der Waals surface area contributed by atoms with E-state index in [-0.39, 0.29) is 23.4 Å². The van der Waals surface area contributed by atoms with E-state index < -0.39 is 10.9 Å². The number of aromatic hydroxyl groups is 1. The first-order valence-corrected chi connectivity index (χ1v) is 14.8. The molecule has 5 rings (SSSR count). The monoisotopic (exact) mass is 576 g/mol. The normalized spacial score (nSPS) is 13.6. The third-order valence-electron chi connectivity index (χ3n) is 7.54. The summed E-state index contributed by atoms with van der Waals surface area (Å²) in [6, 6.07) is 16.2. The number of hydrogen-bond donors (Lipinski definition) is 1. The topological polar surface area (TPSA) is 95.0 Å². The molecule has 1 unspecified atom stereocenters. The minimum absolute atomic E-state index is 0.182. The summed E-state index contributed by atoms with van der Waals surface area (Å²) in [5, 5.41) is 9.49. The van der Waals surface area contributed by atoms with Gasteiger partial charge in [-0.3, -0.25) is 4.79 Å². The summed E-state index contributed by atoms with van der Waals surface area (Å²) < 4.78 is 42.9. The van der Waals surface area contributed by atoms with E-state index in [4.69, 9.17) is 9.47 Å². The van der Waals surface area contributed by atoms with E-state index in [2.05, 4.69) is 4.37 Å². The van der Waals surface area contributed by atoms with Crippen molar-refractivity contribution in [3.63, 3.8) is 0 Å². The fourth-order valence-corrected chi connectivity index (χ4v) is 6.18. The Morgan fingerprint density at radius 3 is 2.54 bits per heavy atom. The van der Waals surface area contributed by atoms with Crippen molar-refractivity contribution in [1.82, 2.24) is 9.27 Å². The largest absolute Gasteiger partial charge is 0.568 e. The number of benzene rings is 3. The number of rotatable bonds is 10. The van der Waals surface area contributed by atoms with Crippen molar-refractivity contribution in [3.8, 4) is 38.9 Å². The Morgan fingerprint density at radius 1 is 1.07 bits per heavy atom. The summed E-state index contributed by atoms with van der Waals surface area (Å²) in [5.41, 5.74) is 5.88. The summed E-state index contributed by atoms with van der Waals surface area (Å²) in [5.74, 6) is 0.439. The molecular formula is C32H33FN2O5S. The molecule has 1 aromatic heterocycles. The van der Waals surface area contributed by atoms with Crippen molar-refractivity contribution < 1.29 is 28.3 Å². The summed E-state index contributed by atoms with van der Waals surface area (Å²) in [7, 11) is -1.61. The lowest BCUT2D eigenvalue weighted by molar-refractivity contribution is -0.127. The van der Waals surface area contributed by atoms with Crippen LogP contribution in [0.2, 0.25) is 0 Å². The Labute approximate surface area is 242 Å². The van der Waals surface area contributed by atoms with Gasteiger partial charge in [0, 0.05) is 29.4 Å². The third-order valence-corrected chi connectivity index (χ3v) is 8.62. The van der Waals surface area contributed by atoms with E-state index in [0.29, 0.717) is 54.4 Å². The standard InChI is InChI=1S/C32H33FN2O5S/c1-20-17-27(39-16-6-15-35-14-5-9-30(35)37)32(33)22(3)31(20)26-8-4-7-24(21(26)2)19-40-25-12-10-23(11-13-25)28-18-29(36)34-41(28)38/h4,7-8,10-13,17-18H,5-6,9,14-16,19H2,1-3H3,(H,34,36). The molecule has 2 heterocycles. The summed E-state index contributed by atoms with van der Waals surface area (Å²) in [6.45, 7) is 7.82. The van der Waals surface area contributed by atoms with Gasteiger partial charge in [-0.1, -0.05) is 18.2 Å². The van der Waals surface area contributed by atoms with E-state index in [0.717, 1.165) is 40.8 Å². The lowest BCUT2D eigenvalue weighted by Gasteiger charge is -2.19. The lowest BCUT2D eigenvalue weighted by atomic mass is 9.90. The Hall–Kier alpha value is -3.95. The Kier molecular flexibility index (Phi) is 8.56. The van der Waals surface area contributed by atoms with Crippen molar-refractivity contribution in [3.05, 3.63) is 82.7 Å². The second-order valence-electron chi connectivity index (χ2n) is 10.3. The lowest BCUT2D eigenvalue weighted by Crippen LogP contribution is -2.26. The van der Waals surface area contributed by atoms with Crippen LogP contribution >= 0.6 is 10.9 Å². The van der Waals surface area contributed by atoms with Crippen LogP contribution in [0.1, 0.15) is 41.5 Å². The zero-order valence-corrected chi connectivity index (χ0v) is 24.2. The predicted molar refractivity (Wildman–Crippen MR) is 156 cm³/mol. The molecule has 1 aliphatic heterocycles. The highest BCUT2D eigenvalue weighted by molar-refractivity contribution is 7.23. The second kappa shape index (κ2) is 12.3. The molecule has 4 aromatic rings. The molecule has 1 aliphatic rings. The summed E-state index contributed by atoms with van der Waals surface area (Å²) >= 11 is 0. The Bertz CT molecular complexity index is 1570. The zero-order chi connectivity index (χ0) is 29.1. The van der Waals surface area contributed by atoms with Crippen LogP contribution in [0.15, 0.2) is 54.6 Å². The van der Waals surface area contributed by atoms with Gasteiger partial charge in [-0.15, -0.1) is 0 Å². The molecule has 1 saturated heterocycles. The number of ether oxygens (including phenoxy) is 2. The molecule has 0 bridgehead atoms. The van der Waals surface area contributed by atoms with E-state index in [1.54, 1.807) is 37.3 Å². The van der Waals surface area contributed by atoms with Gasteiger partial charge in [0.05, 0.1) is 23.6 Å². The van der Waals surface area contributed by atoms with Crippen molar-refractivity contribution >= 4 is 16.9 Å². The average Bonchev–Trinajstić information content (AvgIpc) is 3.52. The molecule has 0 aliphatic carbocycles. The minimum Gasteiger partial charge on any atom is -0.568 e. The van der Waals surface area contributed by atoms with Crippen molar-refractivity contribution in [2.75, 3.05) is 19.7 Å². The van der Waals surface area contributed by atoms with Crippen LogP contribution < -0.4 is 9.47 Å². The first-order chi connectivity index (χ1) is 19.7. The third kappa shape index (κ3) is 6.21. The Morgan fingerprint density at radius 2 is 1.85 bits per heavy atom. The van der Waals surface area contributed by atoms with Crippen LogP contribution in [-0.4, -0.2) is 44.5 Å². The number of aromatic nitrogens is 1. The number of likely N-dealkylation sites (tertiary alicyclic amines) is 1. The van der Waals surface area contributed by atoms with E-state index in [1.807, 2.05) is 36.9 Å². The van der Waals surface area contributed by atoms with E-state index in [1.165, 1.54) is 6.07 Å². The number of nitrogens with zero attached hydrogens (tertiary/aromatic N) is 2. The maximum atomic E-state index is 15.5. The highest BCUT2D eigenvalue weighted by Gasteiger charge is 2.21.